The van der Waals surface area contributed by atoms with Crippen molar-refractivity contribution in [2.75, 3.05) is 13.1 Å². The molecule has 0 radical (unpaired) electrons. The number of nitrogens with one attached hydrogen (secondary N) is 1. The van der Waals surface area contributed by atoms with Gasteiger partial charge in [-0.2, -0.15) is 4.31 Å². The number of nitrogens with zero attached hydrogens (tertiary/aromatic N) is 2. The second-order valence-corrected chi connectivity index (χ2v) is 9.54. The van der Waals surface area contributed by atoms with Gasteiger partial charge in [-0.05, 0) is 43.2 Å². The van der Waals surface area contributed by atoms with Gasteiger partial charge in [-0.15, -0.1) is 0 Å². The molecule has 2 aromatic rings. The van der Waals surface area contributed by atoms with Gasteiger partial charge in [0.2, 0.25) is 10.0 Å². The number of rotatable bonds is 3. The molecule has 1 N–H and O–H groups in total. The largest absolute Gasteiger partial charge is 0.326 e. The average Bonchev–Trinajstić information content (AvgIpc) is 3.00. The van der Waals surface area contributed by atoms with Crippen LogP contribution in [0.3, 0.4) is 0 Å². The number of benzene rings is 2. The van der Waals surface area contributed by atoms with Gasteiger partial charge in [-0.3, -0.25) is 9.79 Å². The Morgan fingerprint density at radius 1 is 1.10 bits per heavy atom. The van der Waals surface area contributed by atoms with E-state index in [0.717, 1.165) is 5.56 Å². The smallest absolute Gasteiger partial charge is 0.272 e. The molecular formula is C21H22FN3O3S. The van der Waals surface area contributed by atoms with Gasteiger partial charge in [0.15, 0.2) is 0 Å². The fraction of sp³-hybridized carbons (Fsp3) is 0.333. The highest BCUT2D eigenvalue weighted by Gasteiger charge is 2.44. The monoisotopic (exact) mass is 415 g/mol. The normalized spacial score (nSPS) is 19.3. The minimum atomic E-state index is -3.62. The molecule has 2 aromatic carbocycles. The van der Waals surface area contributed by atoms with Crippen LogP contribution < -0.4 is 5.32 Å². The number of carbonyl (C=O) groups is 1. The molecule has 2 aliphatic heterocycles. The SMILES string of the molecule is Cc1ccc(C)c(S(=O)(=O)N2CCC3(CC2)N=C(c2cccc(F)c2)C(=O)N3)c1. The van der Waals surface area contributed by atoms with E-state index < -0.39 is 21.5 Å². The van der Waals surface area contributed by atoms with Crippen LogP contribution in [-0.4, -0.2) is 43.1 Å². The van der Waals surface area contributed by atoms with Crippen molar-refractivity contribution >= 4 is 21.6 Å². The molecule has 2 aliphatic rings. The van der Waals surface area contributed by atoms with E-state index in [-0.39, 0.29) is 24.7 Å². The maximum Gasteiger partial charge on any atom is 0.272 e. The summed E-state index contributed by atoms with van der Waals surface area (Å²) in [5.41, 5.74) is 1.36. The van der Waals surface area contributed by atoms with Gasteiger partial charge in [0.05, 0.1) is 4.90 Å². The second kappa shape index (κ2) is 7.03. The Balaban J connectivity index is 1.56. The fourth-order valence-corrected chi connectivity index (χ4v) is 5.60. The number of amides is 1. The van der Waals surface area contributed by atoms with Crippen LogP contribution in [0.25, 0.3) is 0 Å². The predicted molar refractivity (Wildman–Crippen MR) is 108 cm³/mol. The minimum Gasteiger partial charge on any atom is -0.326 e. The third-order valence-electron chi connectivity index (χ3n) is 5.50. The lowest BCUT2D eigenvalue weighted by Crippen LogP contribution is -2.52. The van der Waals surface area contributed by atoms with Crippen molar-refractivity contribution in [1.29, 1.82) is 0 Å². The lowest BCUT2D eigenvalue weighted by Gasteiger charge is -2.36. The maximum absolute atomic E-state index is 13.5. The first kappa shape index (κ1) is 19.7. The minimum absolute atomic E-state index is 0.190. The molecule has 152 valence electrons. The predicted octanol–water partition coefficient (Wildman–Crippen LogP) is 2.54. The van der Waals surface area contributed by atoms with Gasteiger partial charge in [-0.1, -0.05) is 24.3 Å². The second-order valence-electron chi connectivity index (χ2n) is 7.63. The Morgan fingerprint density at radius 2 is 1.83 bits per heavy atom. The molecule has 1 spiro atoms. The number of carbonyl (C=O) groups excluding carboxylic acids is 1. The van der Waals surface area contributed by atoms with E-state index in [1.54, 1.807) is 25.1 Å². The molecule has 1 fully saturated rings. The van der Waals surface area contributed by atoms with Crippen LogP contribution in [0.1, 0.15) is 29.5 Å². The molecule has 1 saturated heterocycles. The van der Waals surface area contributed by atoms with Gasteiger partial charge < -0.3 is 5.32 Å². The van der Waals surface area contributed by atoms with E-state index in [4.69, 9.17) is 0 Å². The molecule has 4 rings (SSSR count). The Hall–Kier alpha value is -2.58. The third kappa shape index (κ3) is 3.58. The summed E-state index contributed by atoms with van der Waals surface area (Å²) < 4.78 is 41.2. The lowest BCUT2D eigenvalue weighted by molar-refractivity contribution is -0.115. The third-order valence-corrected chi connectivity index (χ3v) is 7.54. The van der Waals surface area contributed by atoms with Gasteiger partial charge in [0.25, 0.3) is 5.91 Å². The van der Waals surface area contributed by atoms with Gasteiger partial charge >= 0.3 is 0 Å². The van der Waals surface area contributed by atoms with Crippen LogP contribution in [0.5, 0.6) is 0 Å². The van der Waals surface area contributed by atoms with Crippen LogP contribution >= 0.6 is 0 Å². The van der Waals surface area contributed by atoms with Crippen molar-refractivity contribution in [3.63, 3.8) is 0 Å². The molecule has 0 aliphatic carbocycles. The van der Waals surface area contributed by atoms with Crippen LogP contribution in [0.4, 0.5) is 4.39 Å². The lowest BCUT2D eigenvalue weighted by atomic mass is 10.00. The van der Waals surface area contributed by atoms with Crippen LogP contribution in [0.15, 0.2) is 52.4 Å². The van der Waals surface area contributed by atoms with Gasteiger partial charge in [0, 0.05) is 31.5 Å². The van der Waals surface area contributed by atoms with E-state index in [2.05, 4.69) is 10.3 Å². The van der Waals surface area contributed by atoms with Crippen molar-refractivity contribution in [3.05, 3.63) is 65.0 Å². The van der Waals surface area contributed by atoms with E-state index in [9.17, 15) is 17.6 Å². The number of aryl methyl sites for hydroxylation is 2. The molecule has 8 heteroatoms. The van der Waals surface area contributed by atoms with Crippen molar-refractivity contribution in [2.45, 2.75) is 37.2 Å². The number of hydrogen-bond donors (Lipinski definition) is 1. The summed E-state index contributed by atoms with van der Waals surface area (Å²) in [5, 5.41) is 2.88. The standard InChI is InChI=1S/C21H22FN3O3S/c1-14-6-7-15(2)18(12-14)29(27,28)25-10-8-21(9-11-25)23-19(20(26)24-21)16-4-3-5-17(22)13-16/h3-7,12-13H,8-11H2,1-2H3,(H,24,26). The average molecular weight is 415 g/mol. The first-order chi connectivity index (χ1) is 13.7. The van der Waals surface area contributed by atoms with Crippen molar-refractivity contribution in [2.24, 2.45) is 4.99 Å². The quantitative estimate of drug-likeness (QED) is 0.837. The van der Waals surface area contributed by atoms with Crippen molar-refractivity contribution < 1.29 is 17.6 Å². The van der Waals surface area contributed by atoms with Gasteiger partial charge in [-0.25, -0.2) is 12.8 Å². The summed E-state index contributed by atoms with van der Waals surface area (Å²) in [6, 6.07) is 11.1. The van der Waals surface area contributed by atoms with Crippen LogP contribution in [0.2, 0.25) is 0 Å². The zero-order chi connectivity index (χ0) is 20.8. The van der Waals surface area contributed by atoms with E-state index in [1.807, 2.05) is 13.0 Å². The molecule has 0 unspecified atom stereocenters. The molecule has 0 bridgehead atoms. The Bertz CT molecular complexity index is 1120. The molecule has 29 heavy (non-hydrogen) atoms. The van der Waals surface area contributed by atoms with Crippen molar-refractivity contribution in [3.8, 4) is 0 Å². The van der Waals surface area contributed by atoms with E-state index in [1.165, 1.54) is 22.5 Å². The molecular weight excluding hydrogens is 393 g/mol. The summed E-state index contributed by atoms with van der Waals surface area (Å²) in [7, 11) is -3.62. The fourth-order valence-electron chi connectivity index (χ4n) is 3.85. The number of hydrogen-bond acceptors (Lipinski definition) is 4. The highest BCUT2D eigenvalue weighted by atomic mass is 32.2. The highest BCUT2D eigenvalue weighted by Crippen LogP contribution is 2.32. The molecule has 1 amide bonds. The highest BCUT2D eigenvalue weighted by molar-refractivity contribution is 7.89. The number of sulfonamides is 1. The van der Waals surface area contributed by atoms with E-state index in [0.29, 0.717) is 28.9 Å². The zero-order valence-electron chi connectivity index (χ0n) is 16.3. The Morgan fingerprint density at radius 3 is 2.52 bits per heavy atom. The number of halogens is 1. The molecule has 2 heterocycles. The maximum atomic E-state index is 13.5. The Kier molecular flexibility index (Phi) is 4.78. The topological polar surface area (TPSA) is 78.8 Å². The summed E-state index contributed by atoms with van der Waals surface area (Å²) in [5.74, 6) is -0.796. The van der Waals surface area contributed by atoms with Crippen LogP contribution in [-0.2, 0) is 14.8 Å². The summed E-state index contributed by atoms with van der Waals surface area (Å²) >= 11 is 0. The molecule has 0 saturated carbocycles. The number of piperidine rings is 1. The number of aliphatic imine (C=N–C) groups is 1. The molecule has 0 atom stereocenters. The first-order valence-electron chi connectivity index (χ1n) is 9.46. The Labute approximate surface area is 169 Å². The van der Waals surface area contributed by atoms with Gasteiger partial charge in [0.1, 0.15) is 17.2 Å². The van der Waals surface area contributed by atoms with E-state index >= 15 is 0 Å². The summed E-state index contributed by atoms with van der Waals surface area (Å²) in [4.78, 5) is 17.3. The zero-order valence-corrected chi connectivity index (χ0v) is 17.1. The first-order valence-corrected chi connectivity index (χ1v) is 10.9. The summed E-state index contributed by atoms with van der Waals surface area (Å²) in [6.07, 6.45) is 0.725. The van der Waals surface area contributed by atoms with Crippen molar-refractivity contribution in [1.82, 2.24) is 9.62 Å². The van der Waals surface area contributed by atoms with Crippen LogP contribution in [0, 0.1) is 19.7 Å². The summed E-state index contributed by atoms with van der Waals surface area (Å²) in [6.45, 7) is 4.14. The molecule has 6 nitrogen and oxygen atoms in total. The molecule has 0 aromatic heterocycles.